The number of benzene rings is 2. The number of methoxy groups -OCH3 is 1. The second-order valence-electron chi connectivity index (χ2n) is 24.9. The molecule has 2 aromatic rings. The van der Waals surface area contributed by atoms with Gasteiger partial charge in [-0.1, -0.05) is 56.7 Å². The number of likely N-dealkylation sites (N-methyl/N-ethyl adjacent to an activating group) is 1. The average Bonchev–Trinajstić information content (AvgIpc) is 3.29. The van der Waals surface area contributed by atoms with E-state index in [1.807, 2.05) is 53.9 Å². The molecule has 12 heteroatoms. The highest BCUT2D eigenvalue weighted by molar-refractivity contribution is 6.03. The van der Waals surface area contributed by atoms with E-state index in [1.165, 1.54) is 11.6 Å². The van der Waals surface area contributed by atoms with Crippen LogP contribution < -0.4 is 4.90 Å². The molecule has 0 aliphatic carbocycles. The third-order valence-electron chi connectivity index (χ3n) is 15.2. The number of nitrogens with zero attached hydrogens (tertiary/aromatic N) is 3. The van der Waals surface area contributed by atoms with Crippen LogP contribution in [0.2, 0.25) is 0 Å². The minimum Gasteiger partial charge on any atom is -0.460 e. The molecule has 1 aliphatic heterocycles. The lowest BCUT2D eigenvalue weighted by Gasteiger charge is -2.47. The number of carbonyl (C=O) groups excluding carboxylic acids is 3. The SMILES string of the molecule is C=CC(=O)OC(C)(C)CCOC(C)(C)CC(CC)(CC(C)(C)OCCC(C)(C)OC)CC(C)(C)OCCC(C)(C)OC(=O)CCN1CCN(c2ccc(C(=O)C(CC)(Cc3ccc(C)cc3)N(C)C)cc2)CC1. The zero-order valence-electron chi connectivity index (χ0n) is 49.1. The quantitative estimate of drug-likeness (QED) is 0.0385. The van der Waals surface area contributed by atoms with Crippen molar-refractivity contribution >= 4 is 23.4 Å². The average molecular weight is 1020 g/mol. The van der Waals surface area contributed by atoms with Crippen molar-refractivity contribution in [3.63, 3.8) is 0 Å². The molecule has 1 aliphatic rings. The van der Waals surface area contributed by atoms with Gasteiger partial charge >= 0.3 is 11.9 Å². The molecule has 414 valence electrons. The molecule has 2 atom stereocenters. The van der Waals surface area contributed by atoms with E-state index in [1.54, 1.807) is 7.11 Å². The molecule has 2 aromatic carbocycles. The molecule has 1 saturated heterocycles. The van der Waals surface area contributed by atoms with Gasteiger partial charge in [0.1, 0.15) is 11.2 Å². The largest absolute Gasteiger partial charge is 0.460 e. The first-order valence-electron chi connectivity index (χ1n) is 27.1. The molecule has 0 saturated carbocycles. The molecule has 1 fully saturated rings. The van der Waals surface area contributed by atoms with Crippen LogP contribution in [0.4, 0.5) is 5.69 Å². The first-order chi connectivity index (χ1) is 33.7. The fourth-order valence-electron chi connectivity index (χ4n) is 10.7. The zero-order chi connectivity index (χ0) is 55.1. The Morgan fingerprint density at radius 2 is 1.10 bits per heavy atom. The number of carbonyl (C=O) groups is 3. The van der Waals surface area contributed by atoms with Crippen molar-refractivity contribution in [2.75, 3.05) is 78.6 Å². The molecule has 0 N–H and O–H groups in total. The van der Waals surface area contributed by atoms with Gasteiger partial charge in [0.25, 0.3) is 0 Å². The van der Waals surface area contributed by atoms with Crippen LogP contribution in [0.15, 0.2) is 61.2 Å². The Morgan fingerprint density at radius 1 is 0.630 bits per heavy atom. The van der Waals surface area contributed by atoms with Crippen molar-refractivity contribution in [1.29, 1.82) is 0 Å². The Morgan fingerprint density at radius 3 is 1.52 bits per heavy atom. The van der Waals surface area contributed by atoms with Gasteiger partial charge in [0.15, 0.2) is 5.78 Å². The maximum absolute atomic E-state index is 14.2. The first-order valence-corrected chi connectivity index (χ1v) is 27.1. The molecule has 0 radical (unpaired) electrons. The summed E-state index contributed by atoms with van der Waals surface area (Å²) in [4.78, 5) is 46.2. The minimum absolute atomic E-state index is 0.143. The number of ether oxygens (including phenoxy) is 6. The molecule has 0 amide bonds. The van der Waals surface area contributed by atoms with Crippen LogP contribution in [-0.2, 0) is 44.4 Å². The first kappa shape index (κ1) is 63.6. The predicted molar refractivity (Wildman–Crippen MR) is 298 cm³/mol. The van der Waals surface area contributed by atoms with Crippen LogP contribution in [0.5, 0.6) is 0 Å². The van der Waals surface area contributed by atoms with Crippen LogP contribution in [-0.4, -0.2) is 140 Å². The second-order valence-corrected chi connectivity index (χ2v) is 24.9. The standard InChI is InChI=1S/C61H101N3O9/c1-20-51(65)72-55(7,8)33-41-70-58(13,14)45-60(21-2,44-57(11,12)69-40-32-54(5,6)68-19)46-59(15,16)71-42-34-56(9,10)73-52(66)31-35-63-36-38-64(39-37-63)50-29-27-49(28-30-50)53(67)61(22-3,62(17)18)43-48-25-23-47(4)24-26-48/h20,23-30H,1,21-22,31-46H2,2-19H3. The fraction of sp³-hybridized carbons (Fsp3) is 0.721. The molecule has 2 unspecified atom stereocenters. The van der Waals surface area contributed by atoms with E-state index in [0.717, 1.165) is 75.1 Å². The van der Waals surface area contributed by atoms with Gasteiger partial charge in [0.2, 0.25) is 0 Å². The zero-order valence-corrected chi connectivity index (χ0v) is 49.1. The summed E-state index contributed by atoms with van der Waals surface area (Å²) in [7, 11) is 5.75. The lowest BCUT2D eigenvalue weighted by molar-refractivity contribution is -0.160. The molecule has 0 bridgehead atoms. The van der Waals surface area contributed by atoms with Crippen LogP contribution >= 0.6 is 0 Å². The van der Waals surface area contributed by atoms with Gasteiger partial charge in [-0.15, -0.1) is 0 Å². The molecular weight excluding hydrogens is 919 g/mol. The Balaban J connectivity index is 1.57. The molecule has 1 heterocycles. The van der Waals surface area contributed by atoms with Gasteiger partial charge in [-0.2, -0.15) is 0 Å². The van der Waals surface area contributed by atoms with E-state index in [9.17, 15) is 14.4 Å². The lowest BCUT2D eigenvalue weighted by Crippen LogP contribution is -2.52. The van der Waals surface area contributed by atoms with Crippen molar-refractivity contribution in [3.05, 3.63) is 77.9 Å². The van der Waals surface area contributed by atoms with Crippen molar-refractivity contribution in [2.24, 2.45) is 5.41 Å². The number of rotatable bonds is 33. The Labute approximate surface area is 443 Å². The lowest BCUT2D eigenvalue weighted by atomic mass is 9.65. The molecule has 0 spiro atoms. The fourth-order valence-corrected chi connectivity index (χ4v) is 10.7. The number of piperazine rings is 1. The number of ketones is 1. The Kier molecular flexibility index (Phi) is 23.5. The third-order valence-corrected chi connectivity index (χ3v) is 15.2. The van der Waals surface area contributed by atoms with E-state index in [2.05, 4.69) is 134 Å². The van der Waals surface area contributed by atoms with E-state index >= 15 is 0 Å². The third kappa shape index (κ3) is 21.1. The van der Waals surface area contributed by atoms with Crippen LogP contribution in [0.1, 0.15) is 176 Å². The number of anilines is 1. The van der Waals surface area contributed by atoms with Crippen LogP contribution in [0.3, 0.4) is 0 Å². The number of esters is 2. The summed E-state index contributed by atoms with van der Waals surface area (Å²) in [6.07, 6.45) is 7.91. The normalized spacial score (nSPS) is 16.2. The second kappa shape index (κ2) is 26.9. The maximum Gasteiger partial charge on any atom is 0.330 e. The van der Waals surface area contributed by atoms with E-state index in [4.69, 9.17) is 28.4 Å². The highest BCUT2D eigenvalue weighted by Gasteiger charge is 2.45. The number of Topliss-reactive ketones (excluding diaryl/α,β-unsaturated/α-hetero) is 1. The van der Waals surface area contributed by atoms with Crippen molar-refractivity contribution in [1.82, 2.24) is 9.80 Å². The van der Waals surface area contributed by atoms with Gasteiger partial charge in [-0.25, -0.2) is 4.79 Å². The molecular formula is C61H101N3O9. The van der Waals surface area contributed by atoms with E-state index < -0.39 is 39.5 Å². The summed E-state index contributed by atoms with van der Waals surface area (Å²) in [5, 5.41) is 0. The van der Waals surface area contributed by atoms with E-state index in [0.29, 0.717) is 58.5 Å². The summed E-state index contributed by atoms with van der Waals surface area (Å²) in [5.74, 6) is -0.509. The van der Waals surface area contributed by atoms with Crippen molar-refractivity contribution < 1.29 is 42.8 Å². The topological polar surface area (TPSA) is 116 Å². The minimum atomic E-state index is -0.708. The molecule has 12 nitrogen and oxygen atoms in total. The predicted octanol–water partition coefficient (Wildman–Crippen LogP) is 12.0. The number of aryl methyl sites for hydroxylation is 1. The van der Waals surface area contributed by atoms with Gasteiger partial charge in [-0.05, 0) is 178 Å². The summed E-state index contributed by atoms with van der Waals surface area (Å²) < 4.78 is 37.3. The van der Waals surface area contributed by atoms with Crippen LogP contribution in [0.25, 0.3) is 0 Å². The molecule has 0 aromatic heterocycles. The van der Waals surface area contributed by atoms with Gasteiger partial charge in [0.05, 0.1) is 54.2 Å². The summed E-state index contributed by atoms with van der Waals surface area (Å²) in [6.45, 7) is 40.2. The summed E-state index contributed by atoms with van der Waals surface area (Å²) in [5.41, 5.74) is 0.186. The van der Waals surface area contributed by atoms with Gasteiger partial charge in [0, 0.05) is 70.0 Å². The molecule has 73 heavy (non-hydrogen) atoms. The Hall–Kier alpha value is -3.65. The van der Waals surface area contributed by atoms with Gasteiger partial charge < -0.3 is 33.3 Å². The number of hydrogen-bond acceptors (Lipinski definition) is 12. The summed E-state index contributed by atoms with van der Waals surface area (Å²) >= 11 is 0. The highest BCUT2D eigenvalue weighted by Crippen LogP contribution is 2.48. The maximum atomic E-state index is 14.2. The monoisotopic (exact) mass is 1020 g/mol. The number of hydrogen-bond donors (Lipinski definition) is 0. The van der Waals surface area contributed by atoms with Crippen LogP contribution in [0, 0.1) is 12.3 Å². The van der Waals surface area contributed by atoms with Crippen molar-refractivity contribution in [3.8, 4) is 0 Å². The summed E-state index contributed by atoms with van der Waals surface area (Å²) in [6, 6.07) is 16.6. The van der Waals surface area contributed by atoms with E-state index in [-0.39, 0.29) is 22.8 Å². The highest BCUT2D eigenvalue weighted by atomic mass is 16.6. The smallest absolute Gasteiger partial charge is 0.330 e. The van der Waals surface area contributed by atoms with Crippen molar-refractivity contribution in [2.45, 2.75) is 207 Å². The molecule has 3 rings (SSSR count). The Bertz CT molecular complexity index is 2030. The van der Waals surface area contributed by atoms with Gasteiger partial charge in [-0.3, -0.25) is 19.4 Å².